The second-order valence-corrected chi connectivity index (χ2v) is 5.58. The average Bonchev–Trinajstić information content (AvgIpc) is 2.63. The number of aryl methyl sites for hydroxylation is 1. The molecule has 0 aliphatic carbocycles. The lowest BCUT2D eigenvalue weighted by Gasteiger charge is -2.12. The van der Waals surface area contributed by atoms with Gasteiger partial charge in [0.2, 0.25) is 4.80 Å². The molecular formula is C13H16FN3OS. The van der Waals surface area contributed by atoms with E-state index in [2.05, 4.69) is 0 Å². The molecule has 0 fully saturated rings. The van der Waals surface area contributed by atoms with Crippen LogP contribution in [-0.2, 0) is 6.54 Å². The van der Waals surface area contributed by atoms with Crippen LogP contribution < -0.4 is 10.5 Å². The van der Waals surface area contributed by atoms with Gasteiger partial charge in [0.15, 0.2) is 0 Å². The monoisotopic (exact) mass is 281 g/mol. The van der Waals surface area contributed by atoms with Crippen molar-refractivity contribution < 1.29 is 4.39 Å². The van der Waals surface area contributed by atoms with Gasteiger partial charge in [-0.1, -0.05) is 19.9 Å². The van der Waals surface area contributed by atoms with E-state index < -0.39 is 5.82 Å². The van der Waals surface area contributed by atoms with Crippen LogP contribution >= 0.6 is 11.5 Å². The molecule has 0 unspecified atom stereocenters. The number of halogens is 1. The molecule has 1 heterocycles. The number of nitrogens with zero attached hydrogens (tertiary/aromatic N) is 2. The molecule has 1 aromatic heterocycles. The second kappa shape index (κ2) is 5.13. The minimum atomic E-state index is -0.403. The minimum absolute atomic E-state index is 0.111. The van der Waals surface area contributed by atoms with Gasteiger partial charge >= 0.3 is 5.69 Å². The Morgan fingerprint density at radius 2 is 2.11 bits per heavy atom. The lowest BCUT2D eigenvalue weighted by atomic mass is 10.0. The van der Waals surface area contributed by atoms with Gasteiger partial charge in [-0.25, -0.2) is 17.7 Å². The number of hydrogen-bond acceptors (Lipinski definition) is 3. The van der Waals surface area contributed by atoms with E-state index >= 15 is 0 Å². The summed E-state index contributed by atoms with van der Waals surface area (Å²) in [6.07, 6.45) is 0. The van der Waals surface area contributed by atoms with Crippen molar-refractivity contribution in [3.63, 3.8) is 0 Å². The van der Waals surface area contributed by atoms with Gasteiger partial charge in [0.25, 0.3) is 0 Å². The average molecular weight is 281 g/mol. The van der Waals surface area contributed by atoms with Gasteiger partial charge in [-0.05, 0) is 42.1 Å². The summed E-state index contributed by atoms with van der Waals surface area (Å²) in [5.41, 5.74) is 1.04. The summed E-state index contributed by atoms with van der Waals surface area (Å²) in [4.78, 5) is 12.3. The Morgan fingerprint density at radius 3 is 2.63 bits per heavy atom. The van der Waals surface area contributed by atoms with Gasteiger partial charge < -0.3 is 0 Å². The third-order valence-electron chi connectivity index (χ3n) is 2.95. The fourth-order valence-electron chi connectivity index (χ4n) is 1.99. The molecule has 0 aliphatic rings. The maximum atomic E-state index is 13.5. The summed E-state index contributed by atoms with van der Waals surface area (Å²) in [6.45, 7) is 6.31. The first-order valence-corrected chi connectivity index (χ1v) is 6.90. The van der Waals surface area contributed by atoms with Gasteiger partial charge in [-0.2, -0.15) is 0 Å². The van der Waals surface area contributed by atoms with E-state index in [1.54, 1.807) is 6.07 Å². The lowest BCUT2D eigenvalue weighted by Crippen LogP contribution is -2.28. The van der Waals surface area contributed by atoms with Crippen LogP contribution in [0.5, 0.6) is 0 Å². The summed E-state index contributed by atoms with van der Waals surface area (Å²) >= 11 is 1.07. The van der Waals surface area contributed by atoms with Crippen LogP contribution in [0.2, 0.25) is 0 Å². The van der Waals surface area contributed by atoms with Crippen molar-refractivity contribution in [1.29, 1.82) is 5.41 Å². The van der Waals surface area contributed by atoms with Gasteiger partial charge in [-0.3, -0.25) is 5.41 Å². The van der Waals surface area contributed by atoms with Gasteiger partial charge in [-0.15, -0.1) is 0 Å². The number of rotatable bonds is 3. The van der Waals surface area contributed by atoms with Crippen molar-refractivity contribution in [2.24, 2.45) is 0 Å². The van der Waals surface area contributed by atoms with E-state index in [0.29, 0.717) is 12.2 Å². The molecule has 0 atom stereocenters. The highest BCUT2D eigenvalue weighted by molar-refractivity contribution is 7.03. The topological polar surface area (TPSA) is 50.8 Å². The zero-order valence-electron chi connectivity index (χ0n) is 11.1. The van der Waals surface area contributed by atoms with Crippen molar-refractivity contribution in [2.45, 2.75) is 33.2 Å². The third-order valence-corrected chi connectivity index (χ3v) is 3.94. The number of hydrogen-bond donors (Lipinski definition) is 1. The Bertz CT molecular complexity index is 711. The van der Waals surface area contributed by atoms with E-state index in [-0.39, 0.29) is 16.4 Å². The largest absolute Gasteiger partial charge is 0.344 e. The Balaban J connectivity index is 2.79. The molecule has 0 saturated heterocycles. The SMILES string of the molecule is CCn1sc(=N)n(-c2cc(F)ccc2C(C)C)c1=O. The molecule has 2 aromatic rings. The van der Waals surface area contributed by atoms with E-state index in [4.69, 9.17) is 5.41 Å². The molecule has 2 rings (SSSR count). The standard InChI is InChI=1S/C13H16FN3OS/c1-4-16-13(18)17(12(15)19-16)11-7-9(14)5-6-10(11)8(2)3/h5-8,15H,4H2,1-3H3. The van der Waals surface area contributed by atoms with E-state index in [0.717, 1.165) is 17.1 Å². The van der Waals surface area contributed by atoms with Crippen molar-refractivity contribution in [3.8, 4) is 5.69 Å². The molecule has 0 saturated carbocycles. The first-order valence-electron chi connectivity index (χ1n) is 6.13. The molecule has 4 nitrogen and oxygen atoms in total. The van der Waals surface area contributed by atoms with Crippen LogP contribution in [0.1, 0.15) is 32.3 Å². The first kappa shape index (κ1) is 13.7. The fourth-order valence-corrected chi connectivity index (χ4v) is 2.75. The van der Waals surface area contributed by atoms with Gasteiger partial charge in [0.05, 0.1) is 5.69 Å². The smallest absolute Gasteiger partial charge is 0.273 e. The molecule has 0 spiro atoms. The van der Waals surface area contributed by atoms with E-state index in [9.17, 15) is 9.18 Å². The van der Waals surface area contributed by atoms with Crippen molar-refractivity contribution in [2.75, 3.05) is 0 Å². The first-order chi connectivity index (χ1) is 8.95. The quantitative estimate of drug-likeness (QED) is 0.923. The van der Waals surface area contributed by atoms with E-state index in [1.165, 1.54) is 20.7 Å². The minimum Gasteiger partial charge on any atom is -0.273 e. The highest BCUT2D eigenvalue weighted by Crippen LogP contribution is 2.22. The molecule has 0 aliphatic heterocycles. The van der Waals surface area contributed by atoms with Crippen LogP contribution in [0.4, 0.5) is 4.39 Å². The molecule has 0 amide bonds. The summed E-state index contributed by atoms with van der Waals surface area (Å²) in [6, 6.07) is 4.38. The molecule has 0 radical (unpaired) electrons. The Kier molecular flexibility index (Phi) is 3.71. The zero-order valence-corrected chi connectivity index (χ0v) is 11.9. The molecular weight excluding hydrogens is 265 g/mol. The van der Waals surface area contributed by atoms with Crippen LogP contribution in [0, 0.1) is 11.2 Å². The zero-order chi connectivity index (χ0) is 14.2. The van der Waals surface area contributed by atoms with Gasteiger partial charge in [0.1, 0.15) is 5.82 Å². The molecule has 0 bridgehead atoms. The normalized spacial score (nSPS) is 11.2. The molecule has 19 heavy (non-hydrogen) atoms. The van der Waals surface area contributed by atoms with Crippen molar-refractivity contribution >= 4 is 11.5 Å². The molecule has 6 heteroatoms. The highest BCUT2D eigenvalue weighted by Gasteiger charge is 2.15. The predicted octanol–water partition coefficient (Wildman–Crippen LogP) is 2.46. The Hall–Kier alpha value is -1.69. The lowest BCUT2D eigenvalue weighted by molar-refractivity contribution is 0.623. The Labute approximate surface area is 114 Å². The summed E-state index contributed by atoms with van der Waals surface area (Å²) in [7, 11) is 0. The summed E-state index contributed by atoms with van der Waals surface area (Å²) in [5, 5.41) is 7.92. The maximum Gasteiger partial charge on any atom is 0.344 e. The van der Waals surface area contributed by atoms with Gasteiger partial charge in [0, 0.05) is 6.54 Å². The van der Waals surface area contributed by atoms with Crippen molar-refractivity contribution in [3.05, 3.63) is 44.9 Å². The van der Waals surface area contributed by atoms with E-state index in [1.807, 2.05) is 20.8 Å². The maximum absolute atomic E-state index is 13.5. The molecule has 1 N–H and O–H groups in total. The number of benzene rings is 1. The van der Waals surface area contributed by atoms with Crippen LogP contribution in [0.25, 0.3) is 5.69 Å². The summed E-state index contributed by atoms with van der Waals surface area (Å²) in [5.74, 6) is -0.253. The van der Waals surface area contributed by atoms with Crippen LogP contribution in [0.15, 0.2) is 23.0 Å². The van der Waals surface area contributed by atoms with Crippen LogP contribution in [0.3, 0.4) is 0 Å². The Morgan fingerprint density at radius 1 is 1.42 bits per heavy atom. The molecule has 1 aromatic carbocycles. The fraction of sp³-hybridized carbons (Fsp3) is 0.385. The number of aromatic nitrogens is 2. The predicted molar refractivity (Wildman–Crippen MR) is 73.5 cm³/mol. The van der Waals surface area contributed by atoms with Crippen LogP contribution in [-0.4, -0.2) is 8.52 Å². The highest BCUT2D eigenvalue weighted by atomic mass is 32.1. The molecule has 102 valence electrons. The second-order valence-electron chi connectivity index (χ2n) is 4.57. The third kappa shape index (κ3) is 2.40. The number of nitrogens with one attached hydrogen (secondary N) is 1. The summed E-state index contributed by atoms with van der Waals surface area (Å²) < 4.78 is 16.2. The van der Waals surface area contributed by atoms with Crippen molar-refractivity contribution in [1.82, 2.24) is 8.52 Å².